The number of nitrogens with zero attached hydrogens (tertiary/aromatic N) is 1. The number of nitrogens with one attached hydrogen (secondary N) is 2. The Hall–Kier alpha value is -2.01. The molecule has 5 nitrogen and oxygen atoms in total. The smallest absolute Gasteiger partial charge is 0.252 e. The summed E-state index contributed by atoms with van der Waals surface area (Å²) in [5.41, 5.74) is 0.588. The third kappa shape index (κ3) is 4.30. The Kier molecular flexibility index (Phi) is 4.80. The Morgan fingerprint density at radius 3 is 3.05 bits per heavy atom. The van der Waals surface area contributed by atoms with Crippen molar-refractivity contribution in [2.45, 2.75) is 6.42 Å². The maximum absolute atomic E-state index is 11.1. The number of aromatic amines is 1. The number of hydrogen-bond acceptors (Lipinski definition) is 4. The van der Waals surface area contributed by atoms with E-state index in [2.05, 4.69) is 15.3 Å². The van der Waals surface area contributed by atoms with Crippen molar-refractivity contribution in [2.24, 2.45) is 0 Å². The maximum Gasteiger partial charge on any atom is 0.252 e. The lowest BCUT2D eigenvalue weighted by Crippen LogP contribution is -2.08. The lowest BCUT2D eigenvalue weighted by Gasteiger charge is -2.08. The summed E-state index contributed by atoms with van der Waals surface area (Å²) in [5, 5.41) is 3.00. The van der Waals surface area contributed by atoms with E-state index in [1.807, 2.05) is 24.3 Å². The molecule has 19 heavy (non-hydrogen) atoms. The molecule has 100 valence electrons. The minimum Gasteiger partial charge on any atom is -0.493 e. The lowest BCUT2D eigenvalue weighted by atomic mass is 10.3. The molecule has 0 amide bonds. The van der Waals surface area contributed by atoms with E-state index >= 15 is 0 Å². The number of anilines is 2. The van der Waals surface area contributed by atoms with Crippen molar-refractivity contribution >= 4 is 23.2 Å². The van der Waals surface area contributed by atoms with Crippen LogP contribution in [0.5, 0.6) is 5.75 Å². The molecule has 2 aromatic rings. The largest absolute Gasteiger partial charge is 0.493 e. The van der Waals surface area contributed by atoms with Crippen molar-refractivity contribution in [2.75, 3.05) is 17.8 Å². The summed E-state index contributed by atoms with van der Waals surface area (Å²) in [6, 6.07) is 8.78. The van der Waals surface area contributed by atoms with Crippen LogP contribution in [0.4, 0.5) is 11.6 Å². The van der Waals surface area contributed by atoms with Gasteiger partial charge in [0, 0.05) is 29.9 Å². The zero-order chi connectivity index (χ0) is 13.5. The third-order valence-corrected chi connectivity index (χ3v) is 2.58. The zero-order valence-corrected chi connectivity index (χ0v) is 11.0. The Labute approximate surface area is 115 Å². The molecule has 2 rings (SSSR count). The number of H-pyrrole nitrogens is 1. The Balaban J connectivity index is 2.04. The van der Waals surface area contributed by atoms with Gasteiger partial charge >= 0.3 is 0 Å². The zero-order valence-electron chi connectivity index (χ0n) is 10.2. The summed E-state index contributed by atoms with van der Waals surface area (Å²) in [5.74, 6) is 1.71. The molecule has 1 aromatic heterocycles. The number of aromatic nitrogens is 2. The van der Waals surface area contributed by atoms with Crippen LogP contribution in [-0.2, 0) is 0 Å². The molecule has 0 aliphatic carbocycles. The van der Waals surface area contributed by atoms with Crippen LogP contribution in [0.15, 0.2) is 41.3 Å². The monoisotopic (exact) mass is 279 g/mol. The highest BCUT2D eigenvalue weighted by Crippen LogP contribution is 2.19. The molecule has 0 saturated heterocycles. The summed E-state index contributed by atoms with van der Waals surface area (Å²) < 4.78 is 5.53. The summed E-state index contributed by atoms with van der Waals surface area (Å²) in [7, 11) is 0. The van der Waals surface area contributed by atoms with Crippen molar-refractivity contribution in [3.8, 4) is 5.75 Å². The van der Waals surface area contributed by atoms with E-state index in [1.165, 1.54) is 12.3 Å². The summed E-state index contributed by atoms with van der Waals surface area (Å²) in [6.07, 6.45) is 2.24. The van der Waals surface area contributed by atoms with Gasteiger partial charge in [0.05, 0.1) is 6.61 Å². The number of rotatable bonds is 6. The number of halogens is 1. The Bertz CT molecular complexity index is 586. The highest BCUT2D eigenvalue weighted by atomic mass is 35.5. The molecule has 0 saturated carbocycles. The SMILES string of the molecule is O=c1ccnc(Nc2cccc(OCCCCl)c2)[nH]1. The van der Waals surface area contributed by atoms with Crippen LogP contribution in [0.25, 0.3) is 0 Å². The normalized spacial score (nSPS) is 10.2. The fourth-order valence-electron chi connectivity index (χ4n) is 1.48. The topological polar surface area (TPSA) is 67.0 Å². The van der Waals surface area contributed by atoms with Gasteiger partial charge in [-0.15, -0.1) is 11.6 Å². The maximum atomic E-state index is 11.1. The van der Waals surface area contributed by atoms with Gasteiger partial charge in [-0.1, -0.05) is 6.07 Å². The fourth-order valence-corrected chi connectivity index (χ4v) is 1.59. The average molecular weight is 280 g/mol. The van der Waals surface area contributed by atoms with E-state index in [1.54, 1.807) is 0 Å². The molecule has 2 N–H and O–H groups in total. The van der Waals surface area contributed by atoms with Gasteiger partial charge in [0.25, 0.3) is 5.56 Å². The first-order valence-electron chi connectivity index (χ1n) is 5.89. The van der Waals surface area contributed by atoms with E-state index in [4.69, 9.17) is 16.3 Å². The van der Waals surface area contributed by atoms with Crippen LogP contribution < -0.4 is 15.6 Å². The number of alkyl halides is 1. The van der Waals surface area contributed by atoms with E-state index in [-0.39, 0.29) is 5.56 Å². The second-order valence-corrected chi connectivity index (χ2v) is 4.20. The second kappa shape index (κ2) is 6.80. The standard InChI is InChI=1S/C13H14ClN3O2/c14-6-2-8-19-11-4-1-3-10(9-11)16-13-15-7-5-12(18)17-13/h1,3-5,7,9H,2,6,8H2,(H2,15,16,17,18). The van der Waals surface area contributed by atoms with Gasteiger partial charge in [-0.2, -0.15) is 0 Å². The predicted molar refractivity (Wildman–Crippen MR) is 75.4 cm³/mol. The second-order valence-electron chi connectivity index (χ2n) is 3.83. The Morgan fingerprint density at radius 1 is 1.37 bits per heavy atom. The molecule has 0 aliphatic heterocycles. The van der Waals surface area contributed by atoms with Crippen molar-refractivity contribution in [1.29, 1.82) is 0 Å². The number of benzene rings is 1. The molecular weight excluding hydrogens is 266 g/mol. The average Bonchev–Trinajstić information content (AvgIpc) is 2.39. The Morgan fingerprint density at radius 2 is 2.26 bits per heavy atom. The van der Waals surface area contributed by atoms with E-state index in [0.29, 0.717) is 18.4 Å². The molecule has 1 aromatic carbocycles. The van der Waals surface area contributed by atoms with Crippen LogP contribution in [0.3, 0.4) is 0 Å². The highest BCUT2D eigenvalue weighted by molar-refractivity contribution is 6.17. The molecule has 0 unspecified atom stereocenters. The third-order valence-electron chi connectivity index (χ3n) is 2.31. The molecule has 0 spiro atoms. The van der Waals surface area contributed by atoms with Crippen LogP contribution in [0.1, 0.15) is 6.42 Å². The van der Waals surface area contributed by atoms with Crippen LogP contribution in [0.2, 0.25) is 0 Å². The summed E-state index contributed by atoms with van der Waals surface area (Å²) in [4.78, 5) is 17.8. The van der Waals surface area contributed by atoms with E-state index in [0.717, 1.165) is 17.9 Å². The molecule has 1 heterocycles. The molecular formula is C13H14ClN3O2. The first kappa shape index (κ1) is 13.4. The van der Waals surface area contributed by atoms with E-state index < -0.39 is 0 Å². The van der Waals surface area contributed by atoms with Crippen LogP contribution in [0, 0.1) is 0 Å². The molecule has 6 heteroatoms. The quantitative estimate of drug-likeness (QED) is 0.630. The van der Waals surface area contributed by atoms with Crippen molar-refractivity contribution in [3.05, 3.63) is 46.9 Å². The molecule has 0 atom stereocenters. The number of hydrogen-bond donors (Lipinski definition) is 2. The predicted octanol–water partition coefficient (Wildman–Crippen LogP) is 2.52. The first-order valence-corrected chi connectivity index (χ1v) is 6.42. The van der Waals surface area contributed by atoms with Gasteiger partial charge in [-0.05, 0) is 18.6 Å². The highest BCUT2D eigenvalue weighted by Gasteiger charge is 1.99. The minimum absolute atomic E-state index is 0.202. The van der Waals surface area contributed by atoms with Gasteiger partial charge in [0.15, 0.2) is 0 Å². The first-order chi connectivity index (χ1) is 9.28. The van der Waals surface area contributed by atoms with Gasteiger partial charge in [-0.3, -0.25) is 9.78 Å². The van der Waals surface area contributed by atoms with Crippen LogP contribution in [-0.4, -0.2) is 22.5 Å². The van der Waals surface area contributed by atoms with Crippen molar-refractivity contribution < 1.29 is 4.74 Å². The minimum atomic E-state index is -0.202. The molecule has 0 fully saturated rings. The number of ether oxygens (including phenoxy) is 1. The summed E-state index contributed by atoms with van der Waals surface area (Å²) in [6.45, 7) is 0.577. The van der Waals surface area contributed by atoms with Crippen LogP contribution >= 0.6 is 11.6 Å². The van der Waals surface area contributed by atoms with Gasteiger partial charge in [-0.25, -0.2) is 4.98 Å². The molecule has 0 radical (unpaired) electrons. The molecule has 0 aliphatic rings. The van der Waals surface area contributed by atoms with Gasteiger partial charge < -0.3 is 10.1 Å². The molecule has 0 bridgehead atoms. The van der Waals surface area contributed by atoms with Gasteiger partial charge in [0.1, 0.15) is 5.75 Å². The van der Waals surface area contributed by atoms with E-state index in [9.17, 15) is 4.79 Å². The lowest BCUT2D eigenvalue weighted by molar-refractivity contribution is 0.318. The fraction of sp³-hybridized carbons (Fsp3) is 0.231. The summed E-state index contributed by atoms with van der Waals surface area (Å²) >= 11 is 5.59. The van der Waals surface area contributed by atoms with Gasteiger partial charge in [0.2, 0.25) is 5.95 Å². The van der Waals surface area contributed by atoms with Crippen molar-refractivity contribution in [3.63, 3.8) is 0 Å². The van der Waals surface area contributed by atoms with Crippen molar-refractivity contribution in [1.82, 2.24) is 9.97 Å².